The molecule has 0 spiro atoms. The van der Waals surface area contributed by atoms with Gasteiger partial charge in [-0.2, -0.15) is 0 Å². The Morgan fingerprint density at radius 3 is 2.61 bits per heavy atom. The minimum absolute atomic E-state index is 0.0191. The molecule has 0 aliphatic carbocycles. The molecule has 0 amide bonds. The number of methoxy groups -OCH3 is 1. The van der Waals surface area contributed by atoms with Gasteiger partial charge in [0.25, 0.3) is 0 Å². The van der Waals surface area contributed by atoms with Crippen LogP contribution >= 0.6 is 9.47 Å². The number of ether oxygens (including phenoxy) is 2. The van der Waals surface area contributed by atoms with E-state index in [2.05, 4.69) is 28.5 Å². The molecular weight excluding hydrogens is 311 g/mol. The van der Waals surface area contributed by atoms with Crippen molar-refractivity contribution in [2.24, 2.45) is 5.92 Å². The number of aldehydes is 1. The fraction of sp³-hybridized carbons (Fsp3) is 0.611. The van der Waals surface area contributed by atoms with Crippen LogP contribution in [-0.4, -0.2) is 37.8 Å². The number of carbonyl (C=O) groups excluding carboxylic acids is 1. The van der Waals surface area contributed by atoms with E-state index in [-0.39, 0.29) is 30.3 Å². The van der Waals surface area contributed by atoms with E-state index in [1.165, 1.54) is 5.56 Å². The van der Waals surface area contributed by atoms with Gasteiger partial charge in [0, 0.05) is 35.3 Å². The first-order chi connectivity index (χ1) is 11.2. The Bertz CT molecular complexity index is 463. The maximum Gasteiger partial charge on any atom is 0.122 e. The average molecular weight is 338 g/mol. The van der Waals surface area contributed by atoms with E-state index in [1.54, 1.807) is 7.11 Å². The molecule has 23 heavy (non-hydrogen) atoms. The second-order valence-electron chi connectivity index (χ2n) is 6.07. The van der Waals surface area contributed by atoms with Crippen molar-refractivity contribution >= 4 is 15.8 Å². The van der Waals surface area contributed by atoms with Crippen LogP contribution in [0.3, 0.4) is 0 Å². The number of hydrogen-bond acceptors (Lipinski definition) is 4. The molecule has 6 atom stereocenters. The van der Waals surface area contributed by atoms with E-state index in [9.17, 15) is 4.79 Å². The van der Waals surface area contributed by atoms with Gasteiger partial charge in [-0.1, -0.05) is 37.3 Å². The molecule has 0 saturated carbocycles. The maximum atomic E-state index is 11.0. The van der Waals surface area contributed by atoms with E-state index >= 15 is 0 Å². The highest BCUT2D eigenvalue weighted by atomic mass is 31.0. The molecule has 1 unspecified atom stereocenters. The lowest BCUT2D eigenvalue weighted by Crippen LogP contribution is -2.33. The van der Waals surface area contributed by atoms with E-state index < -0.39 is 0 Å². The third kappa shape index (κ3) is 4.84. The molecule has 1 saturated heterocycles. The third-order valence-corrected chi connectivity index (χ3v) is 5.06. The van der Waals surface area contributed by atoms with Crippen molar-refractivity contribution in [2.45, 2.75) is 57.0 Å². The minimum Gasteiger partial charge on any atom is -0.378 e. The van der Waals surface area contributed by atoms with E-state index in [0.717, 1.165) is 25.5 Å². The molecule has 1 aromatic rings. The fourth-order valence-electron chi connectivity index (χ4n) is 3.44. The third-order valence-electron chi connectivity index (χ3n) is 4.67. The highest BCUT2D eigenvalue weighted by molar-refractivity contribution is 7.09. The zero-order valence-corrected chi connectivity index (χ0v) is 15.0. The highest BCUT2D eigenvalue weighted by Gasteiger charge is 2.44. The van der Waals surface area contributed by atoms with Crippen LogP contribution < -0.4 is 0 Å². The molecule has 1 aromatic carbocycles. The van der Waals surface area contributed by atoms with Crippen molar-refractivity contribution in [3.63, 3.8) is 0 Å². The van der Waals surface area contributed by atoms with Gasteiger partial charge in [-0.25, -0.2) is 0 Å². The van der Waals surface area contributed by atoms with Gasteiger partial charge in [-0.15, -0.1) is 0 Å². The van der Waals surface area contributed by atoms with E-state index in [1.807, 2.05) is 18.2 Å². The molecule has 1 fully saturated rings. The zero-order valence-electron chi connectivity index (χ0n) is 13.9. The Balaban J connectivity index is 2.13. The van der Waals surface area contributed by atoms with Gasteiger partial charge in [0.15, 0.2) is 0 Å². The summed E-state index contributed by atoms with van der Waals surface area (Å²) < 4.78 is 17.4. The molecule has 0 aromatic heterocycles. The number of benzene rings is 1. The van der Waals surface area contributed by atoms with Gasteiger partial charge in [0.2, 0.25) is 0 Å². The Morgan fingerprint density at radius 1 is 1.30 bits per heavy atom. The molecule has 1 heterocycles. The van der Waals surface area contributed by atoms with Crippen LogP contribution in [0.5, 0.6) is 0 Å². The zero-order chi connectivity index (χ0) is 16.7. The second-order valence-corrected chi connectivity index (χ2v) is 6.34. The summed E-state index contributed by atoms with van der Waals surface area (Å²) in [6, 6.07) is 10.3. The summed E-state index contributed by atoms with van der Waals surface area (Å²) in [6.45, 7) is 2.09. The molecule has 4 nitrogen and oxygen atoms in total. The van der Waals surface area contributed by atoms with Crippen LogP contribution in [0.15, 0.2) is 30.3 Å². The average Bonchev–Trinajstić information content (AvgIpc) is 2.90. The minimum atomic E-state index is -0.0929. The van der Waals surface area contributed by atoms with Gasteiger partial charge < -0.3 is 18.8 Å². The predicted octanol–water partition coefficient (Wildman–Crippen LogP) is 3.19. The van der Waals surface area contributed by atoms with Crippen molar-refractivity contribution in [1.82, 2.24) is 0 Å². The quantitative estimate of drug-likeness (QED) is 0.512. The van der Waals surface area contributed by atoms with Crippen molar-refractivity contribution in [3.05, 3.63) is 35.9 Å². The lowest BCUT2D eigenvalue weighted by molar-refractivity contribution is -0.110. The van der Waals surface area contributed by atoms with Crippen LogP contribution in [0, 0.1) is 5.92 Å². The molecular formula is C18H27O4P. The molecule has 1 aliphatic rings. The molecule has 0 radical (unpaired) electrons. The molecule has 128 valence electrons. The Kier molecular flexibility index (Phi) is 7.64. The highest BCUT2D eigenvalue weighted by Crippen LogP contribution is 2.36. The first-order valence-corrected chi connectivity index (χ1v) is 8.71. The summed E-state index contributed by atoms with van der Waals surface area (Å²) in [4.78, 5) is 11.0. The van der Waals surface area contributed by atoms with Crippen LogP contribution in [0.4, 0.5) is 0 Å². The molecule has 0 bridgehead atoms. The van der Waals surface area contributed by atoms with Crippen molar-refractivity contribution in [3.8, 4) is 0 Å². The van der Waals surface area contributed by atoms with Gasteiger partial charge in [0.05, 0.1) is 24.4 Å². The lowest BCUT2D eigenvalue weighted by atomic mass is 9.87. The summed E-state index contributed by atoms with van der Waals surface area (Å²) in [5, 5.41) is 0. The number of carbonyl (C=O) groups is 1. The van der Waals surface area contributed by atoms with Crippen LogP contribution in [0.2, 0.25) is 0 Å². The first kappa shape index (κ1) is 18.5. The smallest absolute Gasteiger partial charge is 0.122 e. The van der Waals surface area contributed by atoms with E-state index in [4.69, 9.17) is 14.0 Å². The predicted molar refractivity (Wildman–Crippen MR) is 93.3 cm³/mol. The van der Waals surface area contributed by atoms with Crippen LogP contribution in [0.25, 0.3) is 0 Å². The van der Waals surface area contributed by atoms with Crippen molar-refractivity contribution in [1.29, 1.82) is 0 Å². The Hall–Kier alpha value is -0.800. The van der Waals surface area contributed by atoms with Gasteiger partial charge in [-0.3, -0.25) is 0 Å². The summed E-state index contributed by atoms with van der Waals surface area (Å²) in [6.07, 6.45) is 3.87. The topological polar surface area (TPSA) is 44.8 Å². The normalized spacial score (nSPS) is 28.7. The van der Waals surface area contributed by atoms with Crippen molar-refractivity contribution < 1.29 is 18.8 Å². The molecule has 5 heteroatoms. The maximum absolute atomic E-state index is 11.0. The Morgan fingerprint density at radius 2 is 2.04 bits per heavy atom. The molecule has 1 aliphatic heterocycles. The van der Waals surface area contributed by atoms with E-state index in [0.29, 0.717) is 6.42 Å². The standard InChI is InChI=1S/C18H27O4P/c1-3-14(22-23)12-17-18(20-2)15(16(21-17)9-10-19)11-13-7-5-4-6-8-13/h4-8,10,14-18H,3,9,11-12,23H2,1-2H3/t14-,15+,16+,17-,18-/m1/s1. The van der Waals surface area contributed by atoms with Gasteiger partial charge in [-0.05, 0) is 18.4 Å². The van der Waals surface area contributed by atoms with Crippen LogP contribution in [-0.2, 0) is 25.2 Å². The number of hydrogen-bond donors (Lipinski definition) is 0. The summed E-state index contributed by atoms with van der Waals surface area (Å²) in [5.74, 6) is 0.180. The Labute approximate surface area is 141 Å². The van der Waals surface area contributed by atoms with Crippen molar-refractivity contribution in [2.75, 3.05) is 7.11 Å². The monoisotopic (exact) mass is 338 g/mol. The fourth-order valence-corrected chi connectivity index (χ4v) is 3.75. The second kappa shape index (κ2) is 9.48. The molecule has 0 N–H and O–H groups in total. The summed E-state index contributed by atoms with van der Waals surface area (Å²) >= 11 is 0. The summed E-state index contributed by atoms with van der Waals surface area (Å²) in [7, 11) is 4.06. The molecule has 2 rings (SSSR count). The number of rotatable bonds is 9. The van der Waals surface area contributed by atoms with Gasteiger partial charge >= 0.3 is 0 Å². The largest absolute Gasteiger partial charge is 0.378 e. The SMILES string of the molecule is CC[C@H](C[C@H]1O[C@@H](CC=O)[C@H](Cc2ccccc2)[C@H]1OC)OP. The van der Waals surface area contributed by atoms with Gasteiger partial charge in [0.1, 0.15) is 6.29 Å². The summed E-state index contributed by atoms with van der Waals surface area (Å²) in [5.41, 5.74) is 1.24. The van der Waals surface area contributed by atoms with Crippen LogP contribution in [0.1, 0.15) is 31.7 Å². The lowest BCUT2D eigenvalue weighted by Gasteiger charge is -2.24. The first-order valence-electron chi connectivity index (χ1n) is 8.24.